The maximum Gasteiger partial charge on any atom is 0.124 e. The van der Waals surface area contributed by atoms with Crippen molar-refractivity contribution in [3.05, 3.63) is 45.3 Å². The van der Waals surface area contributed by atoms with E-state index >= 15 is 0 Å². The summed E-state index contributed by atoms with van der Waals surface area (Å²) < 4.78 is 14.1. The molecule has 1 N–H and O–H groups in total. The molecule has 0 aliphatic rings. The SMILES string of the molecule is C=C(C)CCC(NCC)c1ccc(F)cc1I. The van der Waals surface area contributed by atoms with Crippen molar-refractivity contribution >= 4 is 22.6 Å². The van der Waals surface area contributed by atoms with Gasteiger partial charge in [-0.2, -0.15) is 0 Å². The summed E-state index contributed by atoms with van der Waals surface area (Å²) >= 11 is 2.20. The van der Waals surface area contributed by atoms with E-state index in [1.54, 1.807) is 6.07 Å². The lowest BCUT2D eigenvalue weighted by molar-refractivity contribution is 0.511. The number of hydrogen-bond acceptors (Lipinski definition) is 1. The molecule has 0 heterocycles. The fraction of sp³-hybridized carbons (Fsp3) is 0.429. The van der Waals surface area contributed by atoms with Crippen molar-refractivity contribution in [1.29, 1.82) is 0 Å². The summed E-state index contributed by atoms with van der Waals surface area (Å²) in [7, 11) is 0. The van der Waals surface area contributed by atoms with Gasteiger partial charge < -0.3 is 5.32 Å². The molecule has 1 atom stereocenters. The Balaban J connectivity index is 2.84. The number of nitrogens with one attached hydrogen (secondary N) is 1. The van der Waals surface area contributed by atoms with E-state index < -0.39 is 0 Å². The first-order chi connectivity index (χ1) is 8.04. The van der Waals surface area contributed by atoms with E-state index in [0.29, 0.717) is 0 Å². The van der Waals surface area contributed by atoms with Crippen LogP contribution in [-0.2, 0) is 0 Å². The molecular formula is C14H19FIN. The highest BCUT2D eigenvalue weighted by atomic mass is 127. The van der Waals surface area contributed by atoms with Crippen molar-refractivity contribution < 1.29 is 4.39 Å². The third kappa shape index (κ3) is 4.76. The highest BCUT2D eigenvalue weighted by molar-refractivity contribution is 14.1. The summed E-state index contributed by atoms with van der Waals surface area (Å²) in [5, 5.41) is 3.45. The zero-order valence-electron chi connectivity index (χ0n) is 10.4. The first kappa shape index (κ1) is 14.6. The molecule has 94 valence electrons. The molecule has 1 aromatic rings. The minimum absolute atomic E-state index is 0.173. The summed E-state index contributed by atoms with van der Waals surface area (Å²) in [6, 6.07) is 5.27. The van der Waals surface area contributed by atoms with Crippen molar-refractivity contribution in [1.82, 2.24) is 5.32 Å². The van der Waals surface area contributed by atoms with E-state index in [0.717, 1.165) is 23.0 Å². The second-order valence-corrected chi connectivity index (χ2v) is 5.43. The van der Waals surface area contributed by atoms with Crippen LogP contribution in [-0.4, -0.2) is 6.54 Å². The average Bonchev–Trinajstić information content (AvgIpc) is 2.24. The van der Waals surface area contributed by atoms with E-state index in [1.807, 2.05) is 13.0 Å². The summed E-state index contributed by atoms with van der Waals surface area (Å²) in [4.78, 5) is 0. The maximum atomic E-state index is 13.1. The smallest absolute Gasteiger partial charge is 0.124 e. The first-order valence-electron chi connectivity index (χ1n) is 5.87. The number of halogens is 2. The standard InChI is InChI=1S/C14H19FIN/c1-4-17-14(8-5-10(2)3)12-7-6-11(15)9-13(12)16/h6-7,9,14,17H,2,4-5,8H2,1,3H3. The molecule has 0 saturated heterocycles. The molecule has 0 aromatic heterocycles. The van der Waals surface area contributed by atoms with Gasteiger partial charge in [-0.1, -0.05) is 18.6 Å². The van der Waals surface area contributed by atoms with Gasteiger partial charge in [0.15, 0.2) is 0 Å². The summed E-state index contributed by atoms with van der Waals surface area (Å²) in [6.45, 7) is 8.97. The minimum Gasteiger partial charge on any atom is -0.310 e. The van der Waals surface area contributed by atoms with E-state index in [1.165, 1.54) is 17.2 Å². The second kappa shape index (κ2) is 7.11. The fourth-order valence-corrected chi connectivity index (χ4v) is 2.64. The molecule has 1 nitrogen and oxygen atoms in total. The first-order valence-corrected chi connectivity index (χ1v) is 6.95. The van der Waals surface area contributed by atoms with E-state index in [-0.39, 0.29) is 11.9 Å². The van der Waals surface area contributed by atoms with Crippen LogP contribution in [0.25, 0.3) is 0 Å². The van der Waals surface area contributed by atoms with Gasteiger partial charge >= 0.3 is 0 Å². The maximum absolute atomic E-state index is 13.1. The molecule has 1 unspecified atom stereocenters. The zero-order valence-corrected chi connectivity index (χ0v) is 12.6. The average molecular weight is 347 g/mol. The second-order valence-electron chi connectivity index (χ2n) is 4.27. The number of benzene rings is 1. The van der Waals surface area contributed by atoms with Gasteiger partial charge in [0.2, 0.25) is 0 Å². The molecule has 0 spiro atoms. The van der Waals surface area contributed by atoms with Gasteiger partial charge in [0.25, 0.3) is 0 Å². The Labute approximate surface area is 117 Å². The molecule has 0 aliphatic carbocycles. The monoisotopic (exact) mass is 347 g/mol. The normalized spacial score (nSPS) is 12.5. The topological polar surface area (TPSA) is 12.0 Å². The Kier molecular flexibility index (Phi) is 6.12. The molecule has 17 heavy (non-hydrogen) atoms. The highest BCUT2D eigenvalue weighted by Crippen LogP contribution is 2.25. The Bertz CT molecular complexity index is 390. The van der Waals surface area contributed by atoms with Gasteiger partial charge in [0.1, 0.15) is 5.82 Å². The quantitative estimate of drug-likeness (QED) is 0.593. The van der Waals surface area contributed by atoms with Crippen LogP contribution < -0.4 is 5.32 Å². The molecule has 1 aromatic carbocycles. The van der Waals surface area contributed by atoms with E-state index in [9.17, 15) is 4.39 Å². The molecule has 0 fully saturated rings. The van der Waals surface area contributed by atoms with Crippen LogP contribution in [0.5, 0.6) is 0 Å². The molecule has 0 saturated carbocycles. The number of allylic oxidation sites excluding steroid dienone is 1. The molecule has 0 radical (unpaired) electrons. The van der Waals surface area contributed by atoms with Gasteiger partial charge in [-0.05, 0) is 66.6 Å². The van der Waals surface area contributed by atoms with Crippen molar-refractivity contribution in [2.24, 2.45) is 0 Å². The summed E-state index contributed by atoms with van der Waals surface area (Å²) in [5.74, 6) is -0.173. The van der Waals surface area contributed by atoms with Gasteiger partial charge in [-0.25, -0.2) is 4.39 Å². The summed E-state index contributed by atoms with van der Waals surface area (Å²) in [6.07, 6.45) is 2.00. The van der Waals surface area contributed by atoms with Crippen LogP contribution in [0.2, 0.25) is 0 Å². The predicted molar refractivity (Wildman–Crippen MR) is 79.6 cm³/mol. The highest BCUT2D eigenvalue weighted by Gasteiger charge is 2.13. The van der Waals surface area contributed by atoms with Crippen LogP contribution in [0.3, 0.4) is 0 Å². The van der Waals surface area contributed by atoms with Crippen LogP contribution in [0, 0.1) is 9.39 Å². The van der Waals surface area contributed by atoms with Gasteiger partial charge in [0.05, 0.1) is 0 Å². The van der Waals surface area contributed by atoms with Crippen LogP contribution >= 0.6 is 22.6 Å². The lowest BCUT2D eigenvalue weighted by Crippen LogP contribution is -2.21. The van der Waals surface area contributed by atoms with Crippen LogP contribution in [0.15, 0.2) is 30.4 Å². The fourth-order valence-electron chi connectivity index (χ4n) is 1.79. The van der Waals surface area contributed by atoms with Gasteiger partial charge in [-0.3, -0.25) is 0 Å². The Morgan fingerprint density at radius 1 is 1.53 bits per heavy atom. The van der Waals surface area contributed by atoms with Crippen molar-refractivity contribution in [2.45, 2.75) is 32.7 Å². The van der Waals surface area contributed by atoms with E-state index in [2.05, 4.69) is 41.4 Å². The van der Waals surface area contributed by atoms with Crippen molar-refractivity contribution in [2.75, 3.05) is 6.54 Å². The lowest BCUT2D eigenvalue weighted by Gasteiger charge is -2.20. The number of rotatable bonds is 6. The third-order valence-electron chi connectivity index (χ3n) is 2.65. The molecule has 3 heteroatoms. The number of hydrogen-bond donors (Lipinski definition) is 1. The lowest BCUT2D eigenvalue weighted by atomic mass is 10.00. The van der Waals surface area contributed by atoms with Crippen LogP contribution in [0.4, 0.5) is 4.39 Å². The van der Waals surface area contributed by atoms with Gasteiger partial charge in [0, 0.05) is 9.61 Å². The molecule has 0 bridgehead atoms. The molecular weight excluding hydrogens is 328 g/mol. The largest absolute Gasteiger partial charge is 0.310 e. The molecule has 0 aliphatic heterocycles. The molecule has 0 amide bonds. The van der Waals surface area contributed by atoms with Gasteiger partial charge in [-0.15, -0.1) is 6.58 Å². The Morgan fingerprint density at radius 2 is 2.24 bits per heavy atom. The van der Waals surface area contributed by atoms with Crippen LogP contribution in [0.1, 0.15) is 38.3 Å². The zero-order chi connectivity index (χ0) is 12.8. The Hall–Kier alpha value is -0.420. The van der Waals surface area contributed by atoms with Crippen molar-refractivity contribution in [3.8, 4) is 0 Å². The summed E-state index contributed by atoms with van der Waals surface area (Å²) in [5.41, 5.74) is 2.36. The third-order valence-corrected chi connectivity index (χ3v) is 3.58. The minimum atomic E-state index is -0.173. The predicted octanol–water partition coefficient (Wildman–Crippen LogP) is 4.44. The van der Waals surface area contributed by atoms with Crippen molar-refractivity contribution in [3.63, 3.8) is 0 Å². The molecule has 1 rings (SSSR count). The Morgan fingerprint density at radius 3 is 2.76 bits per heavy atom. The van der Waals surface area contributed by atoms with E-state index in [4.69, 9.17) is 0 Å².